The second kappa shape index (κ2) is 6.72. The second-order valence-electron chi connectivity index (χ2n) is 5.78. The van der Waals surface area contributed by atoms with E-state index in [1.54, 1.807) is 12.3 Å². The zero-order chi connectivity index (χ0) is 17.9. The molecule has 2 heterocycles. The highest BCUT2D eigenvalue weighted by Gasteiger charge is 2.07. The Labute approximate surface area is 148 Å². The monoisotopic (exact) mass is 347 g/mol. The van der Waals surface area contributed by atoms with Gasteiger partial charge in [-0.25, -0.2) is 14.4 Å². The minimum Gasteiger partial charge on any atom is -0.340 e. The molecule has 0 saturated carbocycles. The van der Waals surface area contributed by atoms with Crippen molar-refractivity contribution in [3.63, 3.8) is 0 Å². The van der Waals surface area contributed by atoms with Crippen LogP contribution in [0.4, 0.5) is 15.9 Å². The Balaban J connectivity index is 1.62. The van der Waals surface area contributed by atoms with Crippen LogP contribution in [0.25, 0.3) is 10.9 Å². The molecule has 0 fully saturated rings. The second-order valence-corrected chi connectivity index (χ2v) is 5.78. The first-order chi connectivity index (χ1) is 12.7. The van der Waals surface area contributed by atoms with Gasteiger partial charge in [0.1, 0.15) is 18.0 Å². The SMILES string of the molecule is O=Cc1cncnc1Nc1ccc2c(cnn2Cc2cccc(F)c2)c1. The lowest BCUT2D eigenvalue weighted by Crippen LogP contribution is -2.02. The third kappa shape index (κ3) is 3.14. The summed E-state index contributed by atoms with van der Waals surface area (Å²) in [6, 6.07) is 12.2. The predicted octanol–water partition coefficient (Wildman–Crippen LogP) is 3.57. The molecule has 7 heteroatoms. The number of anilines is 2. The standard InChI is InChI=1S/C19H14FN5O/c20-16-3-1-2-13(6-16)10-25-18-5-4-17(7-14(18)9-23-25)24-19-15(11-26)8-21-12-22-19/h1-9,11-12H,10H2,(H,21,22,24). The van der Waals surface area contributed by atoms with Gasteiger partial charge in [-0.05, 0) is 35.9 Å². The maximum atomic E-state index is 13.4. The van der Waals surface area contributed by atoms with Gasteiger partial charge >= 0.3 is 0 Å². The fourth-order valence-corrected chi connectivity index (χ4v) is 2.77. The summed E-state index contributed by atoms with van der Waals surface area (Å²) in [6.45, 7) is 0.481. The van der Waals surface area contributed by atoms with Crippen molar-refractivity contribution in [3.8, 4) is 0 Å². The Morgan fingerprint density at radius 3 is 2.92 bits per heavy atom. The Bertz CT molecular complexity index is 1090. The average Bonchev–Trinajstić information content (AvgIpc) is 3.04. The Kier molecular flexibility index (Phi) is 4.10. The molecule has 2 aromatic heterocycles. The van der Waals surface area contributed by atoms with Crippen molar-refractivity contribution in [2.75, 3.05) is 5.32 Å². The molecule has 0 aliphatic heterocycles. The molecule has 0 aliphatic rings. The van der Waals surface area contributed by atoms with Gasteiger partial charge in [0.05, 0.1) is 23.8 Å². The summed E-state index contributed by atoms with van der Waals surface area (Å²) in [5, 5.41) is 8.42. The van der Waals surface area contributed by atoms with Crippen molar-refractivity contribution in [1.29, 1.82) is 0 Å². The molecule has 26 heavy (non-hydrogen) atoms. The van der Waals surface area contributed by atoms with E-state index in [2.05, 4.69) is 20.4 Å². The molecule has 0 atom stereocenters. The van der Waals surface area contributed by atoms with E-state index in [9.17, 15) is 9.18 Å². The molecule has 0 aliphatic carbocycles. The van der Waals surface area contributed by atoms with Crippen LogP contribution >= 0.6 is 0 Å². The number of aldehydes is 1. The van der Waals surface area contributed by atoms with Gasteiger partial charge in [-0.2, -0.15) is 5.10 Å². The van der Waals surface area contributed by atoms with Crippen molar-refractivity contribution in [3.05, 3.63) is 78.1 Å². The normalized spacial score (nSPS) is 10.8. The van der Waals surface area contributed by atoms with E-state index in [0.717, 1.165) is 22.2 Å². The fraction of sp³-hybridized carbons (Fsp3) is 0.0526. The fourth-order valence-electron chi connectivity index (χ4n) is 2.77. The number of nitrogens with one attached hydrogen (secondary N) is 1. The van der Waals surface area contributed by atoms with Crippen LogP contribution in [0.1, 0.15) is 15.9 Å². The minimum absolute atomic E-state index is 0.263. The highest BCUT2D eigenvalue weighted by atomic mass is 19.1. The molecule has 6 nitrogen and oxygen atoms in total. The number of hydrogen-bond acceptors (Lipinski definition) is 5. The van der Waals surface area contributed by atoms with Crippen LogP contribution in [0.2, 0.25) is 0 Å². The van der Waals surface area contributed by atoms with Crippen LogP contribution in [-0.4, -0.2) is 26.0 Å². The molecule has 4 aromatic rings. The van der Waals surface area contributed by atoms with E-state index < -0.39 is 0 Å². The summed E-state index contributed by atoms with van der Waals surface area (Å²) >= 11 is 0. The Morgan fingerprint density at radius 2 is 2.08 bits per heavy atom. The molecule has 0 radical (unpaired) electrons. The topological polar surface area (TPSA) is 72.7 Å². The highest BCUT2D eigenvalue weighted by molar-refractivity contribution is 5.86. The van der Waals surface area contributed by atoms with E-state index in [-0.39, 0.29) is 5.82 Å². The van der Waals surface area contributed by atoms with Crippen LogP contribution in [0.15, 0.2) is 61.2 Å². The van der Waals surface area contributed by atoms with Gasteiger partial charge in [-0.15, -0.1) is 0 Å². The largest absolute Gasteiger partial charge is 0.340 e. The van der Waals surface area contributed by atoms with Gasteiger partial charge < -0.3 is 5.32 Å². The zero-order valence-electron chi connectivity index (χ0n) is 13.6. The number of carbonyl (C=O) groups is 1. The van der Waals surface area contributed by atoms with Crippen LogP contribution in [0.3, 0.4) is 0 Å². The molecular formula is C19H14FN5O. The Hall–Kier alpha value is -3.61. The van der Waals surface area contributed by atoms with Gasteiger partial charge in [-0.1, -0.05) is 12.1 Å². The number of halogens is 1. The molecule has 0 spiro atoms. The number of aromatic nitrogens is 4. The number of nitrogens with zero attached hydrogens (tertiary/aromatic N) is 4. The third-order valence-corrected chi connectivity index (χ3v) is 3.99. The molecule has 2 aromatic carbocycles. The van der Waals surface area contributed by atoms with Gasteiger partial charge in [0.25, 0.3) is 0 Å². The van der Waals surface area contributed by atoms with Crippen molar-refractivity contribution >= 4 is 28.7 Å². The summed E-state index contributed by atoms with van der Waals surface area (Å²) < 4.78 is 15.2. The summed E-state index contributed by atoms with van der Waals surface area (Å²) in [4.78, 5) is 19.0. The van der Waals surface area contributed by atoms with Crippen LogP contribution < -0.4 is 5.32 Å². The van der Waals surface area contributed by atoms with Gasteiger partial charge in [0.15, 0.2) is 6.29 Å². The van der Waals surface area contributed by atoms with Crippen molar-refractivity contribution in [1.82, 2.24) is 19.7 Å². The molecule has 0 bridgehead atoms. The third-order valence-electron chi connectivity index (χ3n) is 3.99. The molecule has 0 saturated heterocycles. The number of carbonyl (C=O) groups excluding carboxylic acids is 1. The van der Waals surface area contributed by atoms with E-state index in [1.807, 2.05) is 28.9 Å². The van der Waals surface area contributed by atoms with E-state index >= 15 is 0 Å². The lowest BCUT2D eigenvalue weighted by Gasteiger charge is -2.08. The van der Waals surface area contributed by atoms with Crippen molar-refractivity contribution in [2.45, 2.75) is 6.54 Å². The molecule has 0 unspecified atom stereocenters. The van der Waals surface area contributed by atoms with Gasteiger partial charge in [0.2, 0.25) is 0 Å². The van der Waals surface area contributed by atoms with Crippen LogP contribution in [-0.2, 0) is 6.54 Å². The lowest BCUT2D eigenvalue weighted by atomic mass is 10.2. The molecule has 128 valence electrons. The van der Waals surface area contributed by atoms with E-state index in [4.69, 9.17) is 0 Å². The smallest absolute Gasteiger partial charge is 0.155 e. The summed E-state index contributed by atoms with van der Waals surface area (Å²) in [6.07, 6.45) is 5.29. The van der Waals surface area contributed by atoms with Gasteiger partial charge in [0, 0.05) is 17.3 Å². The van der Waals surface area contributed by atoms with Gasteiger partial charge in [-0.3, -0.25) is 9.48 Å². The lowest BCUT2D eigenvalue weighted by molar-refractivity contribution is 0.112. The highest BCUT2D eigenvalue weighted by Crippen LogP contribution is 2.23. The van der Waals surface area contributed by atoms with Crippen LogP contribution in [0, 0.1) is 5.82 Å². The Morgan fingerprint density at radius 1 is 1.15 bits per heavy atom. The average molecular weight is 347 g/mol. The number of fused-ring (bicyclic) bond motifs is 1. The first-order valence-electron chi connectivity index (χ1n) is 7.95. The summed E-state index contributed by atoms with van der Waals surface area (Å²) in [5.74, 6) is 0.183. The first-order valence-corrected chi connectivity index (χ1v) is 7.95. The molecule has 4 rings (SSSR count). The summed E-state index contributed by atoms with van der Waals surface area (Å²) in [5.41, 5.74) is 2.94. The van der Waals surface area contributed by atoms with E-state index in [1.165, 1.54) is 24.7 Å². The molecule has 0 amide bonds. The zero-order valence-corrected chi connectivity index (χ0v) is 13.6. The molecule has 1 N–H and O–H groups in total. The van der Waals surface area contributed by atoms with Crippen molar-refractivity contribution in [2.24, 2.45) is 0 Å². The van der Waals surface area contributed by atoms with Crippen molar-refractivity contribution < 1.29 is 9.18 Å². The summed E-state index contributed by atoms with van der Waals surface area (Å²) in [7, 11) is 0. The van der Waals surface area contributed by atoms with E-state index in [0.29, 0.717) is 24.2 Å². The predicted molar refractivity (Wildman–Crippen MR) is 95.9 cm³/mol. The van der Waals surface area contributed by atoms with Crippen LogP contribution in [0.5, 0.6) is 0 Å². The minimum atomic E-state index is -0.263. The first kappa shape index (κ1) is 15.9. The quantitative estimate of drug-likeness (QED) is 0.559. The maximum absolute atomic E-state index is 13.4. The number of hydrogen-bond donors (Lipinski definition) is 1. The molecular weight excluding hydrogens is 333 g/mol. The number of benzene rings is 2. The maximum Gasteiger partial charge on any atom is 0.155 e. The number of rotatable bonds is 5.